The molecule has 0 bridgehead atoms. The fourth-order valence-electron chi connectivity index (χ4n) is 2.73. The molecule has 0 radical (unpaired) electrons. The van der Waals surface area contributed by atoms with E-state index in [2.05, 4.69) is 9.97 Å². The zero-order chi connectivity index (χ0) is 15.7. The summed E-state index contributed by atoms with van der Waals surface area (Å²) < 4.78 is 7.61. The van der Waals surface area contributed by atoms with Crippen molar-refractivity contribution in [3.8, 4) is 0 Å². The van der Waals surface area contributed by atoms with Gasteiger partial charge >= 0.3 is 0 Å². The maximum atomic E-state index is 12.6. The first-order chi connectivity index (χ1) is 10.5. The number of ether oxygens (including phenoxy) is 1. The lowest BCUT2D eigenvalue weighted by molar-refractivity contribution is -0.0272. The number of amides is 1. The third kappa shape index (κ3) is 2.87. The van der Waals surface area contributed by atoms with E-state index >= 15 is 0 Å². The van der Waals surface area contributed by atoms with Gasteiger partial charge in [0.2, 0.25) is 0 Å². The van der Waals surface area contributed by atoms with Crippen LogP contribution < -0.4 is 0 Å². The van der Waals surface area contributed by atoms with E-state index in [-0.39, 0.29) is 12.0 Å². The number of carbonyl (C=O) groups excluding carboxylic acids is 1. The Morgan fingerprint density at radius 3 is 2.68 bits per heavy atom. The quantitative estimate of drug-likeness (QED) is 0.846. The lowest BCUT2D eigenvalue weighted by atomic mass is 10.2. The normalized spacial score (nSPS) is 18.5. The monoisotopic (exact) mass is 300 g/mol. The van der Waals surface area contributed by atoms with Crippen LogP contribution in [-0.4, -0.2) is 45.0 Å². The molecule has 1 amide bonds. The minimum Gasteiger partial charge on any atom is -0.367 e. The molecule has 0 saturated carbocycles. The van der Waals surface area contributed by atoms with Gasteiger partial charge in [-0.25, -0.2) is 9.97 Å². The third-order valence-electron chi connectivity index (χ3n) is 3.80. The van der Waals surface area contributed by atoms with Crippen molar-refractivity contribution in [2.24, 2.45) is 7.05 Å². The highest BCUT2D eigenvalue weighted by atomic mass is 16.5. The maximum Gasteiger partial charge on any atom is 0.270 e. The lowest BCUT2D eigenvalue weighted by Gasteiger charge is -2.32. The predicted octanol–water partition coefficient (Wildman–Crippen LogP) is 1.65. The van der Waals surface area contributed by atoms with Crippen molar-refractivity contribution in [3.63, 3.8) is 0 Å². The fraction of sp³-hybridized carbons (Fsp3) is 0.438. The first kappa shape index (κ1) is 14.7. The minimum atomic E-state index is -0.267. The van der Waals surface area contributed by atoms with Crippen LogP contribution in [0, 0.1) is 13.8 Å². The van der Waals surface area contributed by atoms with E-state index in [4.69, 9.17) is 4.74 Å². The minimum absolute atomic E-state index is 0.0187. The topological polar surface area (TPSA) is 60.2 Å². The van der Waals surface area contributed by atoms with Crippen molar-refractivity contribution in [3.05, 3.63) is 47.3 Å². The van der Waals surface area contributed by atoms with Crippen LogP contribution in [0.3, 0.4) is 0 Å². The second-order valence-corrected chi connectivity index (χ2v) is 5.62. The number of hydrogen-bond donors (Lipinski definition) is 0. The number of aryl methyl sites for hydroxylation is 3. The lowest BCUT2D eigenvalue weighted by Crippen LogP contribution is -2.43. The van der Waals surface area contributed by atoms with Crippen molar-refractivity contribution in [1.29, 1.82) is 0 Å². The molecule has 0 aliphatic carbocycles. The highest BCUT2D eigenvalue weighted by Gasteiger charge is 2.28. The van der Waals surface area contributed by atoms with E-state index in [1.54, 1.807) is 0 Å². The molecule has 1 saturated heterocycles. The van der Waals surface area contributed by atoms with Gasteiger partial charge in [-0.15, -0.1) is 0 Å². The van der Waals surface area contributed by atoms with Gasteiger partial charge in [-0.3, -0.25) is 4.79 Å². The van der Waals surface area contributed by atoms with E-state index in [0.717, 1.165) is 11.4 Å². The molecule has 1 aliphatic heterocycles. The molecule has 0 N–H and O–H groups in total. The summed E-state index contributed by atoms with van der Waals surface area (Å²) in [6.07, 6.45) is 1.61. The molecule has 116 valence electrons. The zero-order valence-electron chi connectivity index (χ0n) is 13.1. The Morgan fingerprint density at radius 2 is 2.05 bits per heavy atom. The molecular formula is C16H20N4O2. The number of rotatable bonds is 2. The number of nitrogens with zero attached hydrogens (tertiary/aromatic N) is 4. The summed E-state index contributed by atoms with van der Waals surface area (Å²) in [5.74, 6) is 0.673. The Labute approximate surface area is 129 Å². The van der Waals surface area contributed by atoms with Gasteiger partial charge in [-0.05, 0) is 32.0 Å². The molecule has 1 aliphatic rings. The predicted molar refractivity (Wildman–Crippen MR) is 81.5 cm³/mol. The SMILES string of the molecule is Cc1cc(C)nc(C2CN(C(=O)c3cccn3C)CCO2)n1. The summed E-state index contributed by atoms with van der Waals surface area (Å²) in [6.45, 7) is 5.44. The first-order valence-electron chi connectivity index (χ1n) is 7.39. The third-order valence-corrected chi connectivity index (χ3v) is 3.80. The standard InChI is InChI=1S/C16H20N4O2/c1-11-9-12(2)18-15(17-11)14-10-20(7-8-22-14)16(21)13-5-4-6-19(13)3/h4-6,9,14H,7-8,10H2,1-3H3. The molecule has 1 fully saturated rings. The Kier molecular flexibility index (Phi) is 3.94. The number of carbonyl (C=O) groups is 1. The Hall–Kier alpha value is -2.21. The summed E-state index contributed by atoms with van der Waals surface area (Å²) in [5.41, 5.74) is 2.51. The first-order valence-corrected chi connectivity index (χ1v) is 7.39. The van der Waals surface area contributed by atoms with Gasteiger partial charge in [-0.1, -0.05) is 0 Å². The van der Waals surface area contributed by atoms with Crippen molar-refractivity contribution < 1.29 is 9.53 Å². The van der Waals surface area contributed by atoms with Crippen LogP contribution in [0.15, 0.2) is 24.4 Å². The second-order valence-electron chi connectivity index (χ2n) is 5.62. The molecule has 22 heavy (non-hydrogen) atoms. The van der Waals surface area contributed by atoms with Gasteiger partial charge in [0.05, 0.1) is 13.2 Å². The number of hydrogen-bond acceptors (Lipinski definition) is 4. The van der Waals surface area contributed by atoms with E-state index in [1.807, 2.05) is 54.8 Å². The molecule has 0 spiro atoms. The summed E-state index contributed by atoms with van der Waals surface area (Å²) in [7, 11) is 1.87. The molecule has 6 heteroatoms. The molecule has 1 atom stereocenters. The smallest absolute Gasteiger partial charge is 0.270 e. The van der Waals surface area contributed by atoms with Crippen LogP contribution in [0.25, 0.3) is 0 Å². The van der Waals surface area contributed by atoms with Gasteiger partial charge in [0, 0.05) is 31.2 Å². The van der Waals surface area contributed by atoms with Crippen LogP contribution in [0.5, 0.6) is 0 Å². The average molecular weight is 300 g/mol. The Balaban J connectivity index is 1.79. The van der Waals surface area contributed by atoms with Crippen molar-refractivity contribution >= 4 is 5.91 Å². The Morgan fingerprint density at radius 1 is 1.32 bits per heavy atom. The van der Waals surface area contributed by atoms with Crippen molar-refractivity contribution in [2.75, 3.05) is 19.7 Å². The van der Waals surface area contributed by atoms with Gasteiger partial charge in [0.1, 0.15) is 11.8 Å². The highest BCUT2D eigenvalue weighted by molar-refractivity contribution is 5.92. The van der Waals surface area contributed by atoms with Crippen LogP contribution in [0.4, 0.5) is 0 Å². The molecule has 2 aromatic rings. The summed E-state index contributed by atoms with van der Waals surface area (Å²) >= 11 is 0. The average Bonchev–Trinajstić information content (AvgIpc) is 2.92. The van der Waals surface area contributed by atoms with Gasteiger partial charge < -0.3 is 14.2 Å². The molecule has 0 aromatic carbocycles. The van der Waals surface area contributed by atoms with Gasteiger partial charge in [0.25, 0.3) is 5.91 Å². The zero-order valence-corrected chi connectivity index (χ0v) is 13.1. The van der Waals surface area contributed by atoms with Crippen LogP contribution >= 0.6 is 0 Å². The molecule has 6 nitrogen and oxygen atoms in total. The van der Waals surface area contributed by atoms with Crippen LogP contribution in [0.1, 0.15) is 33.8 Å². The summed E-state index contributed by atoms with van der Waals surface area (Å²) in [6, 6.07) is 5.64. The molecule has 2 aromatic heterocycles. The highest BCUT2D eigenvalue weighted by Crippen LogP contribution is 2.21. The van der Waals surface area contributed by atoms with E-state index in [1.165, 1.54) is 0 Å². The van der Waals surface area contributed by atoms with Crippen molar-refractivity contribution in [1.82, 2.24) is 19.4 Å². The maximum absolute atomic E-state index is 12.6. The van der Waals surface area contributed by atoms with Crippen LogP contribution in [-0.2, 0) is 11.8 Å². The van der Waals surface area contributed by atoms with Gasteiger partial charge in [-0.2, -0.15) is 0 Å². The second kappa shape index (κ2) is 5.88. The molecule has 1 unspecified atom stereocenters. The summed E-state index contributed by atoms with van der Waals surface area (Å²) in [5, 5.41) is 0. The number of morpholine rings is 1. The fourth-order valence-corrected chi connectivity index (χ4v) is 2.73. The van der Waals surface area contributed by atoms with Gasteiger partial charge in [0.15, 0.2) is 5.82 Å². The molecule has 3 rings (SSSR count). The summed E-state index contributed by atoms with van der Waals surface area (Å²) in [4.78, 5) is 23.3. The van der Waals surface area contributed by atoms with E-state index in [0.29, 0.717) is 31.2 Å². The van der Waals surface area contributed by atoms with Crippen molar-refractivity contribution in [2.45, 2.75) is 20.0 Å². The van der Waals surface area contributed by atoms with E-state index in [9.17, 15) is 4.79 Å². The van der Waals surface area contributed by atoms with Crippen LogP contribution in [0.2, 0.25) is 0 Å². The Bertz CT molecular complexity index is 675. The number of aromatic nitrogens is 3. The van der Waals surface area contributed by atoms with E-state index < -0.39 is 0 Å². The molecular weight excluding hydrogens is 280 g/mol. The molecule has 3 heterocycles. The largest absolute Gasteiger partial charge is 0.367 e.